The lowest BCUT2D eigenvalue weighted by atomic mass is 10.2. The Labute approximate surface area is 182 Å². The maximum absolute atomic E-state index is 5.21. The Balaban J connectivity index is 1.71. The van der Waals surface area contributed by atoms with Crippen molar-refractivity contribution >= 4 is 44.0 Å². The first kappa shape index (κ1) is 17.1. The number of aromatic nitrogens is 6. The summed E-state index contributed by atoms with van der Waals surface area (Å²) in [4.78, 5) is 18.5. The van der Waals surface area contributed by atoms with E-state index in [1.807, 2.05) is 24.4 Å². The van der Waals surface area contributed by atoms with Crippen LogP contribution in [-0.4, -0.2) is 29.1 Å². The van der Waals surface area contributed by atoms with Gasteiger partial charge in [0.25, 0.3) is 0 Å². The molecule has 0 amide bonds. The molecular formula is C26H16N6. The number of hydrogen-bond acceptors (Lipinski definition) is 4. The van der Waals surface area contributed by atoms with Gasteiger partial charge in [-0.15, -0.1) is 0 Å². The lowest BCUT2D eigenvalue weighted by Gasteiger charge is -2.07. The van der Waals surface area contributed by atoms with Crippen LogP contribution in [0.1, 0.15) is 0 Å². The molecule has 0 saturated carbocycles. The second-order valence-corrected chi connectivity index (χ2v) is 7.69. The van der Waals surface area contributed by atoms with Gasteiger partial charge in [0.05, 0.1) is 27.6 Å². The van der Waals surface area contributed by atoms with Crippen LogP contribution in [0.5, 0.6) is 0 Å². The number of benzene rings is 2. The highest BCUT2D eigenvalue weighted by Gasteiger charge is 2.20. The van der Waals surface area contributed by atoms with Crippen molar-refractivity contribution in [3.63, 3.8) is 0 Å². The van der Waals surface area contributed by atoms with Crippen LogP contribution in [0.3, 0.4) is 0 Å². The van der Waals surface area contributed by atoms with Crippen LogP contribution in [0, 0.1) is 0 Å². The van der Waals surface area contributed by atoms with Crippen molar-refractivity contribution in [1.82, 2.24) is 29.1 Å². The Kier molecular flexibility index (Phi) is 3.46. The molecule has 5 aromatic heterocycles. The highest BCUT2D eigenvalue weighted by Crippen LogP contribution is 2.36. The average molecular weight is 412 g/mol. The SMILES string of the molecule is c1ccc(-n2c3ccccc3c3nc4c(cc32)c2ncccc2n4-c2ccncn2)cc1. The molecule has 0 aliphatic carbocycles. The molecule has 0 fully saturated rings. The Morgan fingerprint density at radius 2 is 1.44 bits per heavy atom. The predicted octanol–water partition coefficient (Wildman–Crippen LogP) is 5.46. The fraction of sp³-hybridized carbons (Fsp3) is 0. The fourth-order valence-corrected chi connectivity index (χ4v) is 4.61. The first-order chi connectivity index (χ1) is 15.9. The highest BCUT2D eigenvalue weighted by molar-refractivity contribution is 6.14. The highest BCUT2D eigenvalue weighted by atomic mass is 15.1. The van der Waals surface area contributed by atoms with Crippen molar-refractivity contribution in [2.45, 2.75) is 0 Å². The smallest absolute Gasteiger partial charge is 0.149 e. The van der Waals surface area contributed by atoms with Crippen LogP contribution < -0.4 is 0 Å². The molecule has 150 valence electrons. The van der Waals surface area contributed by atoms with Gasteiger partial charge in [0, 0.05) is 28.9 Å². The lowest BCUT2D eigenvalue weighted by molar-refractivity contribution is 1.02. The van der Waals surface area contributed by atoms with Crippen LogP contribution in [-0.2, 0) is 0 Å². The number of para-hydroxylation sites is 2. The zero-order valence-electron chi connectivity index (χ0n) is 16.9. The minimum atomic E-state index is 0.770. The summed E-state index contributed by atoms with van der Waals surface area (Å²) in [5.74, 6) is 0.770. The molecule has 6 nitrogen and oxygen atoms in total. The van der Waals surface area contributed by atoms with Crippen molar-refractivity contribution in [1.29, 1.82) is 0 Å². The number of fused-ring (bicyclic) bond motifs is 6. The summed E-state index contributed by atoms with van der Waals surface area (Å²) in [7, 11) is 0. The molecule has 7 rings (SSSR count). The summed E-state index contributed by atoms with van der Waals surface area (Å²) < 4.78 is 4.33. The second-order valence-electron chi connectivity index (χ2n) is 7.69. The first-order valence-electron chi connectivity index (χ1n) is 10.4. The largest absolute Gasteiger partial charge is 0.308 e. The van der Waals surface area contributed by atoms with E-state index >= 15 is 0 Å². The number of pyridine rings is 2. The van der Waals surface area contributed by atoms with E-state index in [2.05, 4.69) is 79.8 Å². The van der Waals surface area contributed by atoms with Gasteiger partial charge in [-0.1, -0.05) is 36.4 Å². The van der Waals surface area contributed by atoms with Gasteiger partial charge in [0.2, 0.25) is 0 Å². The molecule has 0 aliphatic heterocycles. The van der Waals surface area contributed by atoms with Crippen molar-refractivity contribution in [2.24, 2.45) is 0 Å². The van der Waals surface area contributed by atoms with Crippen molar-refractivity contribution in [2.75, 3.05) is 0 Å². The van der Waals surface area contributed by atoms with E-state index in [1.54, 1.807) is 12.5 Å². The molecule has 0 saturated heterocycles. The molecule has 0 unspecified atom stereocenters. The normalized spacial score (nSPS) is 11.8. The molecule has 0 atom stereocenters. The van der Waals surface area contributed by atoms with Crippen LogP contribution in [0.2, 0.25) is 0 Å². The molecular weight excluding hydrogens is 396 g/mol. The van der Waals surface area contributed by atoms with Crippen LogP contribution in [0.25, 0.3) is 55.5 Å². The maximum atomic E-state index is 5.21. The first-order valence-corrected chi connectivity index (χ1v) is 10.4. The third-order valence-corrected chi connectivity index (χ3v) is 5.93. The van der Waals surface area contributed by atoms with Gasteiger partial charge < -0.3 is 4.57 Å². The van der Waals surface area contributed by atoms with E-state index in [1.165, 1.54) is 0 Å². The molecule has 0 N–H and O–H groups in total. The third-order valence-electron chi connectivity index (χ3n) is 5.93. The summed E-state index contributed by atoms with van der Waals surface area (Å²) in [5, 5.41) is 2.10. The Hall–Kier alpha value is -4.58. The van der Waals surface area contributed by atoms with Crippen molar-refractivity contribution in [3.8, 4) is 11.5 Å². The fourth-order valence-electron chi connectivity index (χ4n) is 4.61. The quantitative estimate of drug-likeness (QED) is 0.378. The molecule has 0 spiro atoms. The van der Waals surface area contributed by atoms with Crippen LogP contribution in [0.15, 0.2) is 97.6 Å². The van der Waals surface area contributed by atoms with Gasteiger partial charge in [0.1, 0.15) is 17.8 Å². The lowest BCUT2D eigenvalue weighted by Crippen LogP contribution is -1.99. The number of hydrogen-bond donors (Lipinski definition) is 0. The standard InChI is InChI=1S/C26H16N6/c1-2-7-17(8-3-1)31-20-10-5-4-9-18(20)25-22(31)15-19-24-21(11-6-13-28-24)32(26(19)30-25)23-12-14-27-16-29-23/h1-16H. The molecule has 2 aromatic carbocycles. The van der Waals surface area contributed by atoms with Crippen molar-refractivity contribution < 1.29 is 0 Å². The predicted molar refractivity (Wildman–Crippen MR) is 126 cm³/mol. The zero-order chi connectivity index (χ0) is 21.1. The Morgan fingerprint density at radius 3 is 2.31 bits per heavy atom. The number of nitrogens with zero attached hydrogens (tertiary/aromatic N) is 6. The van der Waals surface area contributed by atoms with Gasteiger partial charge in [-0.2, -0.15) is 0 Å². The van der Waals surface area contributed by atoms with Gasteiger partial charge >= 0.3 is 0 Å². The average Bonchev–Trinajstić information content (AvgIpc) is 3.36. The Morgan fingerprint density at radius 1 is 0.594 bits per heavy atom. The summed E-state index contributed by atoms with van der Waals surface area (Å²) in [5.41, 5.74) is 6.94. The van der Waals surface area contributed by atoms with E-state index < -0.39 is 0 Å². The molecule has 6 heteroatoms. The van der Waals surface area contributed by atoms with Gasteiger partial charge in [0.15, 0.2) is 0 Å². The topological polar surface area (TPSA) is 61.4 Å². The monoisotopic (exact) mass is 412 g/mol. The van der Waals surface area contributed by atoms with Gasteiger partial charge in [-0.05, 0) is 42.5 Å². The summed E-state index contributed by atoms with van der Waals surface area (Å²) >= 11 is 0. The summed E-state index contributed by atoms with van der Waals surface area (Å²) in [6.45, 7) is 0. The number of rotatable bonds is 2. The maximum Gasteiger partial charge on any atom is 0.149 e. The van der Waals surface area contributed by atoms with E-state index in [-0.39, 0.29) is 0 Å². The third kappa shape index (κ3) is 2.29. The molecule has 7 aromatic rings. The van der Waals surface area contributed by atoms with Gasteiger partial charge in [-0.25, -0.2) is 15.0 Å². The molecule has 0 radical (unpaired) electrons. The molecule has 32 heavy (non-hydrogen) atoms. The van der Waals surface area contributed by atoms with Crippen molar-refractivity contribution in [3.05, 3.63) is 97.6 Å². The molecule has 0 aliphatic rings. The zero-order valence-corrected chi connectivity index (χ0v) is 16.9. The second kappa shape index (κ2) is 6.46. The molecule has 0 bridgehead atoms. The minimum absolute atomic E-state index is 0.770. The van der Waals surface area contributed by atoms with Crippen LogP contribution >= 0.6 is 0 Å². The molecule has 5 heterocycles. The summed E-state index contributed by atoms with van der Waals surface area (Å²) in [6, 6.07) is 26.9. The van der Waals surface area contributed by atoms with E-state index in [9.17, 15) is 0 Å². The van der Waals surface area contributed by atoms with Crippen LogP contribution in [0.4, 0.5) is 0 Å². The summed E-state index contributed by atoms with van der Waals surface area (Å²) in [6.07, 6.45) is 5.13. The minimum Gasteiger partial charge on any atom is -0.308 e. The van der Waals surface area contributed by atoms with E-state index in [0.717, 1.165) is 55.5 Å². The van der Waals surface area contributed by atoms with Gasteiger partial charge in [-0.3, -0.25) is 9.55 Å². The van der Waals surface area contributed by atoms with E-state index in [0.29, 0.717) is 0 Å². The Bertz CT molecular complexity index is 1630. The van der Waals surface area contributed by atoms with E-state index in [4.69, 9.17) is 9.97 Å².